The van der Waals surface area contributed by atoms with Gasteiger partial charge in [0.25, 0.3) is 0 Å². The van der Waals surface area contributed by atoms with Gasteiger partial charge in [-0.2, -0.15) is 0 Å². The van der Waals surface area contributed by atoms with Crippen LogP contribution in [0.25, 0.3) is 0 Å². The molecule has 4 nitrogen and oxygen atoms in total. The maximum atomic E-state index is 6.85. The molecule has 0 bridgehead atoms. The molecular weight excluding hydrogens is 785 g/mol. The zero-order valence-electron chi connectivity index (χ0n) is 40.3. The summed E-state index contributed by atoms with van der Waals surface area (Å²) in [6.07, 6.45) is 32.5. The Hall–Kier alpha value is -3.60. The lowest BCUT2D eigenvalue weighted by molar-refractivity contribution is -0.0908. The van der Waals surface area contributed by atoms with Gasteiger partial charge < -0.3 is 18.9 Å². The maximum Gasteiger partial charge on any atom is 0.119 e. The molecule has 2 aliphatic rings. The van der Waals surface area contributed by atoms with Crippen LogP contribution >= 0.6 is 0 Å². The molecule has 0 spiro atoms. The summed E-state index contributed by atoms with van der Waals surface area (Å²) in [5.74, 6) is 5.52. The fraction of sp³-hybridized carbons (Fsp3) is 0.600. The van der Waals surface area contributed by atoms with Crippen molar-refractivity contribution in [1.82, 2.24) is 0 Å². The van der Waals surface area contributed by atoms with Crippen molar-refractivity contribution in [3.05, 3.63) is 131 Å². The normalized spacial score (nSPS) is 19.8. The van der Waals surface area contributed by atoms with E-state index in [0.29, 0.717) is 13.2 Å². The SMILES string of the molecule is CCCCCCCC1CCCCC1CCCOc1ccc(CO[C@H](c2ccccc2)[C@H](OCc2ccc(OCCCC3CCCCC3CCCCCCC)cc2)c2ccccc2)cc1. The monoisotopic (exact) mass is 871 g/mol. The first-order valence-corrected chi connectivity index (χ1v) is 26.5. The van der Waals surface area contributed by atoms with E-state index in [1.807, 2.05) is 0 Å². The number of ether oxygens (including phenoxy) is 4. The minimum absolute atomic E-state index is 0.299. The molecule has 2 saturated carbocycles. The van der Waals surface area contributed by atoms with E-state index in [1.165, 1.54) is 141 Å². The smallest absolute Gasteiger partial charge is 0.119 e. The van der Waals surface area contributed by atoms with Gasteiger partial charge in [0.1, 0.15) is 23.7 Å². The molecule has 6 rings (SSSR count). The highest BCUT2D eigenvalue weighted by Crippen LogP contribution is 2.39. The fourth-order valence-corrected chi connectivity index (χ4v) is 10.9. The second-order valence-corrected chi connectivity index (χ2v) is 19.6. The Morgan fingerprint density at radius 3 is 1.09 bits per heavy atom. The number of hydrogen-bond donors (Lipinski definition) is 0. The number of unbranched alkanes of at least 4 members (excludes halogenated alkanes) is 8. The Bertz CT molecular complexity index is 1610. The molecule has 64 heavy (non-hydrogen) atoms. The zero-order chi connectivity index (χ0) is 44.3. The molecule has 4 aromatic carbocycles. The van der Waals surface area contributed by atoms with Crippen LogP contribution in [0.15, 0.2) is 109 Å². The van der Waals surface area contributed by atoms with E-state index >= 15 is 0 Å². The van der Waals surface area contributed by atoms with Crippen LogP contribution in [0.1, 0.15) is 202 Å². The minimum atomic E-state index is -0.299. The minimum Gasteiger partial charge on any atom is -0.494 e. The van der Waals surface area contributed by atoms with Crippen molar-refractivity contribution in [2.24, 2.45) is 23.7 Å². The molecule has 350 valence electrons. The Morgan fingerprint density at radius 1 is 0.391 bits per heavy atom. The molecule has 0 heterocycles. The van der Waals surface area contributed by atoms with E-state index in [-0.39, 0.29) is 12.2 Å². The Labute approximate surface area is 390 Å². The molecule has 2 fully saturated rings. The standard InChI is InChI=1S/C60H86O4/c1-3-5-7-9-13-25-51-27-19-21-29-53(51)35-23-45-61-57-41-37-49(38-42-57)47-63-59(55-31-15-11-16-32-55)60(56-33-17-12-18-34-56)64-48-50-39-43-58(44-40-50)62-46-24-36-54-30-22-20-28-52(54)26-14-10-8-6-4-2/h11-12,15-18,31-34,37-44,51-54,59-60H,3-10,13-14,19-30,35-36,45-48H2,1-2H3/t51?,52?,53?,54?,59-,60-/m1/s1. The van der Waals surface area contributed by atoms with Gasteiger partial charge in [0.05, 0.1) is 26.4 Å². The summed E-state index contributed by atoms with van der Waals surface area (Å²) in [6, 6.07) is 38.1. The second kappa shape index (κ2) is 29.8. The molecule has 4 aromatic rings. The quantitative estimate of drug-likeness (QED) is 0.0472. The average molecular weight is 871 g/mol. The number of rotatable bonds is 31. The molecule has 0 saturated heterocycles. The van der Waals surface area contributed by atoms with Crippen LogP contribution in [-0.2, 0) is 22.7 Å². The van der Waals surface area contributed by atoms with Gasteiger partial charge in [0, 0.05) is 0 Å². The van der Waals surface area contributed by atoms with Gasteiger partial charge in [-0.3, -0.25) is 0 Å². The van der Waals surface area contributed by atoms with E-state index < -0.39 is 0 Å². The number of benzene rings is 4. The molecule has 0 amide bonds. The zero-order valence-corrected chi connectivity index (χ0v) is 40.3. The Kier molecular flexibility index (Phi) is 23.2. The fourth-order valence-electron chi connectivity index (χ4n) is 10.9. The van der Waals surface area contributed by atoms with Crippen molar-refractivity contribution >= 4 is 0 Å². The third-order valence-corrected chi connectivity index (χ3v) is 14.7. The van der Waals surface area contributed by atoms with Crippen molar-refractivity contribution in [2.75, 3.05) is 13.2 Å². The summed E-state index contributed by atoms with van der Waals surface area (Å²) < 4.78 is 26.3. The van der Waals surface area contributed by atoms with Crippen LogP contribution in [0.4, 0.5) is 0 Å². The predicted octanol–water partition coefficient (Wildman–Crippen LogP) is 17.6. The Balaban J connectivity index is 0.972. The summed E-state index contributed by atoms with van der Waals surface area (Å²) >= 11 is 0. The lowest BCUT2D eigenvalue weighted by atomic mass is 9.74. The van der Waals surface area contributed by atoms with E-state index in [0.717, 1.165) is 83.5 Å². The average Bonchev–Trinajstić information content (AvgIpc) is 3.34. The molecule has 0 aliphatic heterocycles. The summed E-state index contributed by atoms with van der Waals surface area (Å²) in [7, 11) is 0. The highest BCUT2D eigenvalue weighted by Gasteiger charge is 2.28. The topological polar surface area (TPSA) is 36.9 Å². The van der Waals surface area contributed by atoms with Gasteiger partial charge in [-0.15, -0.1) is 0 Å². The first-order chi connectivity index (χ1) is 31.7. The van der Waals surface area contributed by atoms with Crippen LogP contribution in [0.2, 0.25) is 0 Å². The molecule has 0 aromatic heterocycles. The largest absolute Gasteiger partial charge is 0.494 e. The van der Waals surface area contributed by atoms with E-state index in [9.17, 15) is 0 Å². The van der Waals surface area contributed by atoms with Crippen LogP contribution in [0, 0.1) is 23.7 Å². The number of hydrogen-bond acceptors (Lipinski definition) is 4. The van der Waals surface area contributed by atoms with Gasteiger partial charge in [-0.05, 0) is 95.9 Å². The first kappa shape index (κ1) is 49.8. The molecule has 0 N–H and O–H groups in total. The maximum absolute atomic E-state index is 6.85. The summed E-state index contributed by atoms with van der Waals surface area (Å²) in [6.45, 7) is 7.14. The van der Waals surface area contributed by atoms with E-state index in [1.54, 1.807) is 0 Å². The molecule has 4 unspecified atom stereocenters. The van der Waals surface area contributed by atoms with Gasteiger partial charge in [0.15, 0.2) is 0 Å². The summed E-state index contributed by atoms with van der Waals surface area (Å²) in [4.78, 5) is 0. The predicted molar refractivity (Wildman–Crippen MR) is 268 cm³/mol. The van der Waals surface area contributed by atoms with Crippen molar-refractivity contribution in [2.45, 2.75) is 193 Å². The van der Waals surface area contributed by atoms with E-state index in [2.05, 4.69) is 123 Å². The van der Waals surface area contributed by atoms with Gasteiger partial charge in [-0.1, -0.05) is 227 Å². The lowest BCUT2D eigenvalue weighted by Crippen LogP contribution is -2.20. The van der Waals surface area contributed by atoms with Gasteiger partial charge in [-0.25, -0.2) is 0 Å². The van der Waals surface area contributed by atoms with E-state index in [4.69, 9.17) is 18.9 Å². The van der Waals surface area contributed by atoms with Crippen molar-refractivity contribution < 1.29 is 18.9 Å². The van der Waals surface area contributed by atoms with Gasteiger partial charge >= 0.3 is 0 Å². The van der Waals surface area contributed by atoms with Gasteiger partial charge in [0.2, 0.25) is 0 Å². The second-order valence-electron chi connectivity index (χ2n) is 19.6. The summed E-state index contributed by atoms with van der Waals surface area (Å²) in [5.41, 5.74) is 4.44. The molecule has 0 radical (unpaired) electrons. The highest BCUT2D eigenvalue weighted by atomic mass is 16.5. The Morgan fingerprint density at radius 2 is 0.734 bits per heavy atom. The summed E-state index contributed by atoms with van der Waals surface area (Å²) in [5, 5.41) is 0. The molecule has 4 heteroatoms. The molecule has 6 atom stereocenters. The van der Waals surface area contributed by atoms with Crippen molar-refractivity contribution in [1.29, 1.82) is 0 Å². The molecular formula is C60H86O4. The van der Waals surface area contributed by atoms with Crippen LogP contribution in [0.3, 0.4) is 0 Å². The van der Waals surface area contributed by atoms with Crippen molar-refractivity contribution in [3.63, 3.8) is 0 Å². The highest BCUT2D eigenvalue weighted by molar-refractivity contribution is 5.29. The van der Waals surface area contributed by atoms with Crippen molar-refractivity contribution in [3.8, 4) is 11.5 Å². The third kappa shape index (κ3) is 17.7. The lowest BCUT2D eigenvalue weighted by Gasteiger charge is -2.32. The van der Waals surface area contributed by atoms with Crippen LogP contribution < -0.4 is 9.47 Å². The van der Waals surface area contributed by atoms with Crippen LogP contribution in [0.5, 0.6) is 11.5 Å². The van der Waals surface area contributed by atoms with Crippen LogP contribution in [-0.4, -0.2) is 13.2 Å². The third-order valence-electron chi connectivity index (χ3n) is 14.7. The molecule has 2 aliphatic carbocycles. The first-order valence-electron chi connectivity index (χ1n) is 26.5.